The number of thiazole rings is 1. The van der Waals surface area contributed by atoms with Gasteiger partial charge in [0.15, 0.2) is 5.13 Å². The summed E-state index contributed by atoms with van der Waals surface area (Å²) in [7, 11) is 3.15. The van der Waals surface area contributed by atoms with Crippen LogP contribution in [-0.2, 0) is 4.79 Å². The molecule has 0 aliphatic rings. The number of aromatic nitrogens is 1. The molecule has 0 spiro atoms. The maximum atomic E-state index is 11.9. The molecule has 0 saturated heterocycles. The third-order valence-corrected chi connectivity index (χ3v) is 4.52. The molecule has 2 aromatic carbocycles. The first-order chi connectivity index (χ1) is 12.7. The highest BCUT2D eigenvalue weighted by Crippen LogP contribution is 2.25. The molecule has 8 heteroatoms. The van der Waals surface area contributed by atoms with Gasteiger partial charge in [0, 0.05) is 11.6 Å². The number of hydrogen-bond donors (Lipinski definition) is 2. The molecule has 134 valence electrons. The molecule has 3 rings (SSSR count). The van der Waals surface area contributed by atoms with Gasteiger partial charge < -0.3 is 14.8 Å². The predicted molar refractivity (Wildman–Crippen MR) is 103 cm³/mol. The first-order valence-electron chi connectivity index (χ1n) is 7.83. The van der Waals surface area contributed by atoms with Gasteiger partial charge in [-0.2, -0.15) is 5.10 Å². The molecule has 0 bridgehead atoms. The number of carbonyl (C=O) groups is 1. The molecular weight excluding hydrogens is 352 g/mol. The van der Waals surface area contributed by atoms with Crippen molar-refractivity contribution in [3.63, 3.8) is 0 Å². The standard InChI is InChI=1S/C18H18N4O3S/c1-24-13-8-7-12(15(9-13)25-2)10-20-22-17(23)11-19-18-21-14-5-3-4-6-16(14)26-18/h3-10H,11H2,1-2H3,(H,19,21)(H,22,23)/b20-10-. The summed E-state index contributed by atoms with van der Waals surface area (Å²) < 4.78 is 11.5. The maximum Gasteiger partial charge on any atom is 0.259 e. The van der Waals surface area contributed by atoms with E-state index in [1.165, 1.54) is 17.6 Å². The quantitative estimate of drug-likeness (QED) is 0.493. The summed E-state index contributed by atoms with van der Waals surface area (Å²) in [6.45, 7) is 0.0803. The summed E-state index contributed by atoms with van der Waals surface area (Å²) in [4.78, 5) is 16.3. The first kappa shape index (κ1) is 17.7. The van der Waals surface area contributed by atoms with Crippen molar-refractivity contribution < 1.29 is 14.3 Å². The van der Waals surface area contributed by atoms with Crippen LogP contribution in [0.1, 0.15) is 5.56 Å². The second kappa shape index (κ2) is 8.30. The highest BCUT2D eigenvalue weighted by molar-refractivity contribution is 7.22. The van der Waals surface area contributed by atoms with Gasteiger partial charge in [0.25, 0.3) is 5.91 Å². The predicted octanol–water partition coefficient (Wildman–Crippen LogP) is 2.88. The molecule has 0 fully saturated rings. The van der Waals surface area contributed by atoms with E-state index < -0.39 is 0 Å². The van der Waals surface area contributed by atoms with Gasteiger partial charge in [-0.25, -0.2) is 10.4 Å². The molecule has 0 radical (unpaired) electrons. The number of hydrogen-bond acceptors (Lipinski definition) is 7. The van der Waals surface area contributed by atoms with Crippen molar-refractivity contribution in [3.8, 4) is 11.5 Å². The maximum absolute atomic E-state index is 11.9. The Morgan fingerprint density at radius 1 is 1.23 bits per heavy atom. The zero-order chi connectivity index (χ0) is 18.4. The Balaban J connectivity index is 1.54. The zero-order valence-corrected chi connectivity index (χ0v) is 15.2. The lowest BCUT2D eigenvalue weighted by molar-refractivity contribution is -0.119. The minimum Gasteiger partial charge on any atom is -0.497 e. The Hall–Kier alpha value is -3.13. The largest absolute Gasteiger partial charge is 0.497 e. The number of para-hydroxylation sites is 1. The fraction of sp³-hybridized carbons (Fsp3) is 0.167. The first-order valence-corrected chi connectivity index (χ1v) is 8.64. The van der Waals surface area contributed by atoms with Crippen LogP contribution >= 0.6 is 11.3 Å². The Bertz CT molecular complexity index is 906. The number of rotatable bonds is 7. The lowest BCUT2D eigenvalue weighted by Gasteiger charge is -2.07. The summed E-state index contributed by atoms with van der Waals surface area (Å²) in [6.07, 6.45) is 1.52. The Morgan fingerprint density at radius 2 is 2.08 bits per heavy atom. The molecule has 26 heavy (non-hydrogen) atoms. The topological polar surface area (TPSA) is 84.8 Å². The summed E-state index contributed by atoms with van der Waals surface area (Å²) in [5.74, 6) is 1.02. The normalized spacial score (nSPS) is 10.8. The highest BCUT2D eigenvalue weighted by Gasteiger charge is 2.06. The summed E-state index contributed by atoms with van der Waals surface area (Å²) in [6, 6.07) is 13.2. The van der Waals surface area contributed by atoms with Crippen molar-refractivity contribution >= 4 is 38.8 Å². The molecular formula is C18H18N4O3S. The molecule has 2 N–H and O–H groups in total. The van der Waals surface area contributed by atoms with Crippen LogP contribution < -0.4 is 20.2 Å². The van der Waals surface area contributed by atoms with Crippen LogP contribution in [0, 0.1) is 0 Å². The van der Waals surface area contributed by atoms with Crippen LogP contribution in [0.15, 0.2) is 47.6 Å². The van der Waals surface area contributed by atoms with Crippen molar-refractivity contribution in [1.82, 2.24) is 10.4 Å². The number of fused-ring (bicyclic) bond motifs is 1. The van der Waals surface area contributed by atoms with Gasteiger partial charge in [0.1, 0.15) is 11.5 Å². The molecule has 7 nitrogen and oxygen atoms in total. The Morgan fingerprint density at radius 3 is 2.85 bits per heavy atom. The van der Waals surface area contributed by atoms with Gasteiger partial charge in [0.2, 0.25) is 0 Å². The van der Waals surface area contributed by atoms with Crippen LogP contribution in [0.4, 0.5) is 5.13 Å². The minimum atomic E-state index is -0.270. The number of hydrazone groups is 1. The van der Waals surface area contributed by atoms with Crippen LogP contribution in [-0.4, -0.2) is 37.9 Å². The summed E-state index contributed by atoms with van der Waals surface area (Å²) in [5.41, 5.74) is 4.11. The third kappa shape index (κ3) is 4.28. The fourth-order valence-corrected chi connectivity index (χ4v) is 3.10. The van der Waals surface area contributed by atoms with E-state index in [1.54, 1.807) is 32.4 Å². The smallest absolute Gasteiger partial charge is 0.259 e. The van der Waals surface area contributed by atoms with Crippen molar-refractivity contribution in [2.75, 3.05) is 26.1 Å². The highest BCUT2D eigenvalue weighted by atomic mass is 32.1. The number of methoxy groups -OCH3 is 2. The summed E-state index contributed by atoms with van der Waals surface area (Å²) in [5, 5.41) is 7.66. The van der Waals surface area contributed by atoms with Crippen LogP contribution in [0.3, 0.4) is 0 Å². The van der Waals surface area contributed by atoms with Gasteiger partial charge in [0.05, 0.1) is 37.2 Å². The minimum absolute atomic E-state index is 0.0803. The van der Waals surface area contributed by atoms with E-state index in [4.69, 9.17) is 9.47 Å². The van der Waals surface area contributed by atoms with E-state index in [9.17, 15) is 4.79 Å². The zero-order valence-electron chi connectivity index (χ0n) is 14.4. The number of benzene rings is 2. The average molecular weight is 370 g/mol. The molecule has 3 aromatic rings. The molecule has 1 aromatic heterocycles. The van der Waals surface area contributed by atoms with Gasteiger partial charge in [-0.3, -0.25) is 4.79 Å². The van der Waals surface area contributed by atoms with Crippen LogP contribution in [0.25, 0.3) is 10.2 Å². The molecule has 0 aliphatic heterocycles. The van der Waals surface area contributed by atoms with E-state index in [2.05, 4.69) is 20.8 Å². The van der Waals surface area contributed by atoms with Gasteiger partial charge >= 0.3 is 0 Å². The molecule has 0 saturated carbocycles. The van der Waals surface area contributed by atoms with Crippen LogP contribution in [0.2, 0.25) is 0 Å². The monoisotopic (exact) mass is 370 g/mol. The average Bonchev–Trinajstić information content (AvgIpc) is 3.09. The Kier molecular flexibility index (Phi) is 5.65. The van der Waals surface area contributed by atoms with Crippen molar-refractivity contribution in [1.29, 1.82) is 0 Å². The van der Waals surface area contributed by atoms with E-state index in [0.717, 1.165) is 15.8 Å². The second-order valence-corrected chi connectivity index (χ2v) is 6.27. The lowest BCUT2D eigenvalue weighted by Crippen LogP contribution is -2.25. The molecule has 1 heterocycles. The van der Waals surface area contributed by atoms with E-state index >= 15 is 0 Å². The molecule has 0 unspecified atom stereocenters. The van der Waals surface area contributed by atoms with Gasteiger partial charge in [-0.1, -0.05) is 23.5 Å². The SMILES string of the molecule is COc1ccc(/C=N\NC(=O)CNc2nc3ccccc3s2)c(OC)c1. The second-order valence-electron chi connectivity index (χ2n) is 5.24. The van der Waals surface area contributed by atoms with Crippen molar-refractivity contribution in [2.24, 2.45) is 5.10 Å². The van der Waals surface area contributed by atoms with Gasteiger partial charge in [-0.05, 0) is 24.3 Å². The fourth-order valence-electron chi connectivity index (χ4n) is 2.24. The molecule has 0 atom stereocenters. The summed E-state index contributed by atoms with van der Waals surface area (Å²) >= 11 is 1.50. The van der Waals surface area contributed by atoms with Gasteiger partial charge in [-0.15, -0.1) is 0 Å². The number of anilines is 1. The number of carbonyl (C=O) groups excluding carboxylic acids is 1. The van der Waals surface area contributed by atoms with E-state index in [1.807, 2.05) is 24.3 Å². The van der Waals surface area contributed by atoms with E-state index in [0.29, 0.717) is 16.6 Å². The van der Waals surface area contributed by atoms with Crippen molar-refractivity contribution in [2.45, 2.75) is 0 Å². The molecule has 0 aliphatic carbocycles. The Labute approximate surface area is 154 Å². The number of amides is 1. The third-order valence-electron chi connectivity index (χ3n) is 3.53. The van der Waals surface area contributed by atoms with Crippen LogP contribution in [0.5, 0.6) is 11.5 Å². The van der Waals surface area contributed by atoms with E-state index in [-0.39, 0.29) is 12.5 Å². The van der Waals surface area contributed by atoms with Crippen molar-refractivity contribution in [3.05, 3.63) is 48.0 Å². The number of ether oxygens (including phenoxy) is 2. The number of nitrogens with one attached hydrogen (secondary N) is 2. The number of nitrogens with zero attached hydrogens (tertiary/aromatic N) is 2. The molecule has 1 amide bonds. The lowest BCUT2D eigenvalue weighted by atomic mass is 10.2.